The van der Waals surface area contributed by atoms with Gasteiger partial charge < -0.3 is 20.1 Å². The SMILES string of the molecule is O=C(NCCCCCCNC(=O)OCC(F)(F)C(F)C(F)(F)F)OCC(F)(F)C(F)C(F)(F)F. The van der Waals surface area contributed by atoms with E-state index < -0.39 is 61.9 Å². The number of ether oxygens (including phenoxy) is 2. The maximum absolute atomic E-state index is 12.9. The van der Waals surface area contributed by atoms with Crippen LogP contribution in [0.5, 0.6) is 0 Å². The Labute approximate surface area is 184 Å². The molecule has 0 spiro atoms. The number of hydrogen-bond donors (Lipinski definition) is 2. The summed E-state index contributed by atoms with van der Waals surface area (Å²) in [4.78, 5) is 22.3. The second-order valence-electron chi connectivity index (χ2n) is 6.75. The molecule has 0 radical (unpaired) electrons. The molecular formula is C16H20F12N2O4. The largest absolute Gasteiger partial charge is 0.443 e. The molecular weight excluding hydrogens is 512 g/mol. The number of amides is 2. The van der Waals surface area contributed by atoms with Gasteiger partial charge in [-0.1, -0.05) is 12.8 Å². The monoisotopic (exact) mass is 532 g/mol. The summed E-state index contributed by atoms with van der Waals surface area (Å²) < 4.78 is 156. The number of hydrogen-bond acceptors (Lipinski definition) is 4. The second-order valence-corrected chi connectivity index (χ2v) is 6.75. The summed E-state index contributed by atoms with van der Waals surface area (Å²) in [6, 6.07) is 0. The fourth-order valence-electron chi connectivity index (χ4n) is 2.04. The molecule has 0 saturated carbocycles. The van der Waals surface area contributed by atoms with Gasteiger partial charge in [0.15, 0.2) is 13.2 Å². The number of alkyl halides is 12. The van der Waals surface area contributed by atoms with Gasteiger partial charge in [-0.2, -0.15) is 43.9 Å². The standard InChI is InChI=1S/C16H20F12N2O4/c17-9(15(23,24)25)13(19,20)7-33-11(31)29-5-3-1-2-4-6-30-12(32)34-8-14(21,22)10(18)16(26,27)28/h9-10H,1-8H2,(H,29,31)(H,30,32). The summed E-state index contributed by atoms with van der Waals surface area (Å²) in [6.07, 6.45) is -22.7. The van der Waals surface area contributed by atoms with Crippen molar-refractivity contribution < 1.29 is 71.7 Å². The van der Waals surface area contributed by atoms with Crippen LogP contribution < -0.4 is 10.6 Å². The first kappa shape index (κ1) is 31.7. The maximum Gasteiger partial charge on any atom is 0.425 e. The number of unbranched alkanes of at least 4 members (excludes halogenated alkanes) is 3. The quantitative estimate of drug-likeness (QED) is 0.257. The predicted molar refractivity (Wildman–Crippen MR) is 89.0 cm³/mol. The average Bonchev–Trinajstić information content (AvgIpc) is 2.70. The van der Waals surface area contributed by atoms with Crippen molar-refractivity contribution in [2.45, 2.75) is 62.2 Å². The van der Waals surface area contributed by atoms with Crippen LogP contribution in [0.25, 0.3) is 0 Å². The van der Waals surface area contributed by atoms with Gasteiger partial charge in [0, 0.05) is 13.1 Å². The lowest BCUT2D eigenvalue weighted by Gasteiger charge is -2.22. The highest BCUT2D eigenvalue weighted by atomic mass is 19.4. The van der Waals surface area contributed by atoms with E-state index in [1.54, 1.807) is 0 Å². The van der Waals surface area contributed by atoms with Crippen molar-refractivity contribution in [2.24, 2.45) is 0 Å². The zero-order chi connectivity index (χ0) is 26.8. The van der Waals surface area contributed by atoms with E-state index in [1.165, 1.54) is 0 Å². The van der Waals surface area contributed by atoms with Crippen LogP contribution in [0.2, 0.25) is 0 Å². The van der Waals surface area contributed by atoms with Crippen molar-refractivity contribution in [3.05, 3.63) is 0 Å². The molecule has 0 aromatic rings. The fourth-order valence-corrected chi connectivity index (χ4v) is 2.04. The van der Waals surface area contributed by atoms with E-state index in [-0.39, 0.29) is 25.9 Å². The van der Waals surface area contributed by atoms with Gasteiger partial charge in [-0.05, 0) is 12.8 Å². The first-order chi connectivity index (χ1) is 15.3. The van der Waals surface area contributed by atoms with Crippen LogP contribution in [-0.4, -0.2) is 75.0 Å². The van der Waals surface area contributed by atoms with E-state index in [0.717, 1.165) is 0 Å². The number of alkyl carbamates (subject to hydrolysis) is 2. The van der Waals surface area contributed by atoms with Gasteiger partial charge >= 0.3 is 36.4 Å². The Kier molecular flexibility index (Phi) is 12.1. The second kappa shape index (κ2) is 13.0. The molecule has 0 saturated heterocycles. The molecule has 2 unspecified atom stereocenters. The van der Waals surface area contributed by atoms with Crippen LogP contribution in [0.4, 0.5) is 62.3 Å². The van der Waals surface area contributed by atoms with E-state index in [1.807, 2.05) is 10.6 Å². The van der Waals surface area contributed by atoms with Crippen molar-refractivity contribution in [3.8, 4) is 0 Å². The molecule has 0 rings (SSSR count). The molecule has 0 fully saturated rings. The highest BCUT2D eigenvalue weighted by Crippen LogP contribution is 2.36. The molecule has 2 amide bonds. The van der Waals surface area contributed by atoms with Gasteiger partial charge in [0.05, 0.1) is 0 Å². The summed E-state index contributed by atoms with van der Waals surface area (Å²) in [6.45, 7) is -4.63. The van der Waals surface area contributed by atoms with Gasteiger partial charge in [-0.3, -0.25) is 0 Å². The fraction of sp³-hybridized carbons (Fsp3) is 0.875. The third kappa shape index (κ3) is 12.2. The number of nitrogens with one attached hydrogen (secondary N) is 2. The molecule has 34 heavy (non-hydrogen) atoms. The minimum Gasteiger partial charge on any atom is -0.443 e. The number of halogens is 12. The molecule has 0 aliphatic heterocycles. The Morgan fingerprint density at radius 3 is 1.15 bits per heavy atom. The van der Waals surface area contributed by atoms with Crippen LogP contribution in [0.3, 0.4) is 0 Å². The van der Waals surface area contributed by atoms with Gasteiger partial charge in [-0.15, -0.1) is 0 Å². The third-order valence-electron chi connectivity index (χ3n) is 3.75. The zero-order valence-corrected chi connectivity index (χ0v) is 17.0. The summed E-state index contributed by atoms with van der Waals surface area (Å²) in [5, 5.41) is 3.85. The Hall–Kier alpha value is -2.30. The molecule has 2 N–H and O–H groups in total. The highest BCUT2D eigenvalue weighted by Gasteiger charge is 2.58. The Morgan fingerprint density at radius 1 is 0.588 bits per heavy atom. The van der Waals surface area contributed by atoms with Gasteiger partial charge in [0.25, 0.3) is 12.3 Å². The van der Waals surface area contributed by atoms with Crippen LogP contribution in [0.1, 0.15) is 25.7 Å². The zero-order valence-electron chi connectivity index (χ0n) is 17.0. The van der Waals surface area contributed by atoms with E-state index in [2.05, 4.69) is 9.47 Å². The Morgan fingerprint density at radius 2 is 0.882 bits per heavy atom. The molecule has 6 nitrogen and oxygen atoms in total. The third-order valence-corrected chi connectivity index (χ3v) is 3.75. The minimum absolute atomic E-state index is 0.170. The van der Waals surface area contributed by atoms with Gasteiger partial charge in [-0.25, -0.2) is 18.4 Å². The van der Waals surface area contributed by atoms with E-state index >= 15 is 0 Å². The van der Waals surface area contributed by atoms with Crippen LogP contribution in [0.15, 0.2) is 0 Å². The molecule has 18 heteroatoms. The number of carbonyl (C=O) groups is 2. The number of rotatable bonds is 13. The summed E-state index contributed by atoms with van der Waals surface area (Å²) in [7, 11) is 0. The van der Waals surface area contributed by atoms with Gasteiger partial charge in [0.1, 0.15) is 0 Å². The van der Waals surface area contributed by atoms with Crippen molar-refractivity contribution >= 4 is 12.2 Å². The first-order valence-electron chi connectivity index (χ1n) is 9.29. The number of carbonyl (C=O) groups excluding carboxylic acids is 2. The van der Waals surface area contributed by atoms with Crippen LogP contribution in [-0.2, 0) is 9.47 Å². The summed E-state index contributed by atoms with van der Waals surface area (Å²) >= 11 is 0. The molecule has 0 aromatic heterocycles. The smallest absolute Gasteiger partial charge is 0.425 e. The molecule has 0 aromatic carbocycles. The minimum atomic E-state index is -5.84. The maximum atomic E-state index is 12.9. The molecule has 0 heterocycles. The lowest BCUT2D eigenvalue weighted by atomic mass is 10.2. The van der Waals surface area contributed by atoms with Crippen molar-refractivity contribution in [3.63, 3.8) is 0 Å². The van der Waals surface area contributed by atoms with Crippen molar-refractivity contribution in [2.75, 3.05) is 26.3 Å². The molecule has 202 valence electrons. The van der Waals surface area contributed by atoms with Crippen LogP contribution >= 0.6 is 0 Å². The van der Waals surface area contributed by atoms with Crippen molar-refractivity contribution in [1.82, 2.24) is 10.6 Å². The topological polar surface area (TPSA) is 76.7 Å². The van der Waals surface area contributed by atoms with Gasteiger partial charge in [0.2, 0.25) is 0 Å². The van der Waals surface area contributed by atoms with E-state index in [0.29, 0.717) is 12.8 Å². The first-order valence-corrected chi connectivity index (χ1v) is 9.29. The lowest BCUT2D eigenvalue weighted by molar-refractivity contribution is -0.252. The average molecular weight is 532 g/mol. The Balaban J connectivity index is 3.91. The highest BCUT2D eigenvalue weighted by molar-refractivity contribution is 5.67. The molecule has 0 aliphatic rings. The van der Waals surface area contributed by atoms with Crippen molar-refractivity contribution in [1.29, 1.82) is 0 Å². The summed E-state index contributed by atoms with van der Waals surface area (Å²) in [5.74, 6) is -9.96. The summed E-state index contributed by atoms with van der Waals surface area (Å²) in [5.41, 5.74) is 0. The lowest BCUT2D eigenvalue weighted by Crippen LogP contribution is -2.45. The predicted octanol–water partition coefficient (Wildman–Crippen LogP) is 5.07. The molecule has 2 atom stereocenters. The van der Waals surface area contributed by atoms with E-state index in [9.17, 15) is 62.3 Å². The van der Waals surface area contributed by atoms with E-state index in [4.69, 9.17) is 0 Å². The molecule has 0 bridgehead atoms. The Bertz CT molecular complexity index is 588. The van der Waals surface area contributed by atoms with Crippen LogP contribution in [0, 0.1) is 0 Å². The molecule has 0 aliphatic carbocycles. The normalized spacial score (nSPS) is 14.8.